The molecule has 1 aliphatic rings. The Bertz CT molecular complexity index is 970. The predicted octanol–water partition coefficient (Wildman–Crippen LogP) is 4.11. The fourth-order valence-electron chi connectivity index (χ4n) is 2.97. The zero-order valence-electron chi connectivity index (χ0n) is 14.5. The fourth-order valence-corrected chi connectivity index (χ4v) is 2.97. The molecule has 1 heterocycles. The zero-order valence-corrected chi connectivity index (χ0v) is 14.5. The normalized spacial score (nSPS) is 17.0. The second-order valence-electron chi connectivity index (χ2n) is 6.09. The quantitative estimate of drug-likeness (QED) is 0.687. The SMILES string of the molecule is CC1=C(C(=O)Nc2ccccc2C(F)(F)F)C(c2ccccc2F)NC(=O)N1. The average molecular weight is 393 g/mol. The number of benzene rings is 2. The Morgan fingerprint density at radius 1 is 1.07 bits per heavy atom. The monoisotopic (exact) mass is 393 g/mol. The van der Waals surface area contributed by atoms with Gasteiger partial charge in [-0.05, 0) is 25.1 Å². The lowest BCUT2D eigenvalue weighted by Crippen LogP contribution is -2.46. The molecule has 0 spiro atoms. The summed E-state index contributed by atoms with van der Waals surface area (Å²) in [6.45, 7) is 1.41. The maximum atomic E-state index is 14.2. The van der Waals surface area contributed by atoms with Gasteiger partial charge in [-0.15, -0.1) is 0 Å². The molecule has 3 rings (SSSR count). The lowest BCUT2D eigenvalue weighted by Gasteiger charge is -2.29. The average Bonchev–Trinajstić information content (AvgIpc) is 2.61. The Morgan fingerprint density at radius 2 is 1.71 bits per heavy atom. The molecule has 28 heavy (non-hydrogen) atoms. The van der Waals surface area contributed by atoms with Crippen LogP contribution in [-0.4, -0.2) is 11.9 Å². The molecule has 146 valence electrons. The standard InChI is InChI=1S/C19H15F4N3O2/c1-10-15(16(26-18(28)24-10)11-6-2-4-8-13(11)20)17(27)25-14-9-5-3-7-12(14)19(21,22)23/h2-9,16H,1H3,(H,25,27)(H2,24,26,28). The van der Waals surface area contributed by atoms with Gasteiger partial charge in [0.2, 0.25) is 0 Å². The molecule has 1 unspecified atom stereocenters. The summed E-state index contributed by atoms with van der Waals surface area (Å²) in [6.07, 6.45) is -4.67. The van der Waals surface area contributed by atoms with E-state index in [4.69, 9.17) is 0 Å². The third kappa shape index (κ3) is 3.83. The Morgan fingerprint density at radius 3 is 2.39 bits per heavy atom. The molecular weight excluding hydrogens is 378 g/mol. The van der Waals surface area contributed by atoms with Crippen LogP contribution in [0.4, 0.5) is 28.0 Å². The number of allylic oxidation sites excluding steroid dienone is 1. The van der Waals surface area contributed by atoms with Gasteiger partial charge in [-0.2, -0.15) is 13.2 Å². The molecule has 1 atom stereocenters. The number of rotatable bonds is 3. The molecule has 0 saturated carbocycles. The summed E-state index contributed by atoms with van der Waals surface area (Å²) in [5, 5.41) is 7.04. The Hall–Kier alpha value is -3.36. The van der Waals surface area contributed by atoms with Gasteiger partial charge in [0, 0.05) is 11.3 Å². The summed E-state index contributed by atoms with van der Waals surface area (Å²) in [7, 11) is 0. The number of para-hydroxylation sites is 1. The highest BCUT2D eigenvalue weighted by atomic mass is 19.4. The number of anilines is 1. The molecule has 0 aromatic heterocycles. The van der Waals surface area contributed by atoms with Gasteiger partial charge in [0.1, 0.15) is 5.82 Å². The number of amides is 3. The van der Waals surface area contributed by atoms with Crippen molar-refractivity contribution in [3.05, 3.63) is 76.7 Å². The van der Waals surface area contributed by atoms with E-state index in [0.29, 0.717) is 0 Å². The number of hydrogen-bond donors (Lipinski definition) is 3. The molecule has 0 radical (unpaired) electrons. The van der Waals surface area contributed by atoms with Crippen molar-refractivity contribution < 1.29 is 27.2 Å². The van der Waals surface area contributed by atoms with E-state index in [-0.39, 0.29) is 16.8 Å². The van der Waals surface area contributed by atoms with Crippen LogP contribution < -0.4 is 16.0 Å². The highest BCUT2D eigenvalue weighted by Crippen LogP contribution is 2.35. The van der Waals surface area contributed by atoms with Gasteiger partial charge in [-0.25, -0.2) is 9.18 Å². The van der Waals surface area contributed by atoms with Crippen molar-refractivity contribution >= 4 is 17.6 Å². The Labute approximate surface area is 157 Å². The summed E-state index contributed by atoms with van der Waals surface area (Å²) < 4.78 is 53.8. The molecule has 3 amide bonds. The largest absolute Gasteiger partial charge is 0.418 e. The van der Waals surface area contributed by atoms with Crippen LogP contribution in [0.3, 0.4) is 0 Å². The smallest absolute Gasteiger partial charge is 0.327 e. The van der Waals surface area contributed by atoms with Crippen LogP contribution in [0.5, 0.6) is 0 Å². The van der Waals surface area contributed by atoms with Crippen molar-refractivity contribution in [1.82, 2.24) is 10.6 Å². The van der Waals surface area contributed by atoms with Crippen LogP contribution in [0, 0.1) is 5.82 Å². The van der Waals surface area contributed by atoms with Crippen molar-refractivity contribution in [3.8, 4) is 0 Å². The highest BCUT2D eigenvalue weighted by molar-refractivity contribution is 6.07. The van der Waals surface area contributed by atoms with Crippen molar-refractivity contribution in [2.45, 2.75) is 19.1 Å². The van der Waals surface area contributed by atoms with Crippen molar-refractivity contribution in [3.63, 3.8) is 0 Å². The second-order valence-corrected chi connectivity index (χ2v) is 6.09. The minimum atomic E-state index is -4.67. The predicted molar refractivity (Wildman–Crippen MR) is 93.6 cm³/mol. The zero-order chi connectivity index (χ0) is 20.5. The maximum absolute atomic E-state index is 14.2. The summed E-state index contributed by atoms with van der Waals surface area (Å²) in [5.41, 5.74) is -1.42. The number of nitrogens with one attached hydrogen (secondary N) is 3. The van der Waals surface area contributed by atoms with E-state index in [1.807, 2.05) is 0 Å². The summed E-state index contributed by atoms with van der Waals surface area (Å²) in [5.74, 6) is -1.56. The van der Waals surface area contributed by atoms with Gasteiger partial charge < -0.3 is 16.0 Å². The highest BCUT2D eigenvalue weighted by Gasteiger charge is 2.36. The van der Waals surface area contributed by atoms with E-state index in [1.54, 1.807) is 0 Å². The molecular formula is C19H15F4N3O2. The lowest BCUT2D eigenvalue weighted by atomic mass is 9.94. The van der Waals surface area contributed by atoms with Crippen LogP contribution in [0.1, 0.15) is 24.1 Å². The van der Waals surface area contributed by atoms with E-state index in [0.717, 1.165) is 18.2 Å². The van der Waals surface area contributed by atoms with Gasteiger partial charge in [0.15, 0.2) is 0 Å². The molecule has 3 N–H and O–H groups in total. The molecule has 0 saturated heterocycles. The van der Waals surface area contributed by atoms with Crippen LogP contribution in [0.15, 0.2) is 59.8 Å². The van der Waals surface area contributed by atoms with E-state index in [1.165, 1.54) is 37.3 Å². The van der Waals surface area contributed by atoms with E-state index in [2.05, 4.69) is 16.0 Å². The van der Waals surface area contributed by atoms with Gasteiger partial charge in [0.25, 0.3) is 5.91 Å². The van der Waals surface area contributed by atoms with Gasteiger partial charge in [-0.1, -0.05) is 30.3 Å². The number of urea groups is 1. The van der Waals surface area contributed by atoms with Crippen LogP contribution in [-0.2, 0) is 11.0 Å². The number of halogens is 4. The summed E-state index contributed by atoms with van der Waals surface area (Å²) in [6, 6.07) is 8.20. The van der Waals surface area contributed by atoms with Crippen molar-refractivity contribution in [2.75, 3.05) is 5.32 Å². The van der Waals surface area contributed by atoms with Gasteiger partial charge in [0.05, 0.1) is 22.9 Å². The van der Waals surface area contributed by atoms with Gasteiger partial charge in [-0.3, -0.25) is 4.79 Å². The molecule has 1 aliphatic heterocycles. The van der Waals surface area contributed by atoms with Crippen molar-refractivity contribution in [1.29, 1.82) is 0 Å². The third-order valence-electron chi connectivity index (χ3n) is 4.21. The molecule has 9 heteroatoms. The molecule has 2 aromatic rings. The van der Waals surface area contributed by atoms with Crippen LogP contribution in [0.2, 0.25) is 0 Å². The molecule has 0 aliphatic carbocycles. The third-order valence-corrected chi connectivity index (χ3v) is 4.21. The number of carbonyl (C=O) groups excluding carboxylic acids is 2. The Kier molecular flexibility index (Phi) is 5.08. The topological polar surface area (TPSA) is 70.2 Å². The van der Waals surface area contributed by atoms with Gasteiger partial charge >= 0.3 is 12.2 Å². The van der Waals surface area contributed by atoms with E-state index >= 15 is 0 Å². The first kappa shape index (κ1) is 19.4. The summed E-state index contributed by atoms with van der Waals surface area (Å²) >= 11 is 0. The second kappa shape index (κ2) is 7.34. The molecule has 5 nitrogen and oxygen atoms in total. The van der Waals surface area contributed by atoms with Crippen LogP contribution >= 0.6 is 0 Å². The number of hydrogen-bond acceptors (Lipinski definition) is 2. The first-order valence-electron chi connectivity index (χ1n) is 8.18. The fraction of sp³-hybridized carbons (Fsp3) is 0.158. The number of alkyl halides is 3. The number of carbonyl (C=O) groups is 2. The Balaban J connectivity index is 2.01. The maximum Gasteiger partial charge on any atom is 0.418 e. The first-order chi connectivity index (χ1) is 13.2. The van der Waals surface area contributed by atoms with Crippen molar-refractivity contribution in [2.24, 2.45) is 0 Å². The van der Waals surface area contributed by atoms with E-state index in [9.17, 15) is 27.2 Å². The minimum Gasteiger partial charge on any atom is -0.327 e. The molecule has 0 fully saturated rings. The molecule has 0 bridgehead atoms. The van der Waals surface area contributed by atoms with Crippen LogP contribution in [0.25, 0.3) is 0 Å². The minimum absolute atomic E-state index is 0.0194. The summed E-state index contributed by atoms with van der Waals surface area (Å²) in [4.78, 5) is 24.6. The molecule has 2 aromatic carbocycles. The lowest BCUT2D eigenvalue weighted by molar-refractivity contribution is -0.137. The first-order valence-corrected chi connectivity index (χ1v) is 8.18. The van der Waals surface area contributed by atoms with E-state index < -0.39 is 41.2 Å².